The second kappa shape index (κ2) is 3.00. The minimum absolute atomic E-state index is 0.0679. The van der Waals surface area contributed by atoms with Crippen LogP contribution in [0.1, 0.15) is 0 Å². The maximum atomic E-state index is 5.55. The van der Waals surface area contributed by atoms with Gasteiger partial charge in [-0.25, -0.2) is 0 Å². The van der Waals surface area contributed by atoms with Crippen molar-refractivity contribution in [1.29, 1.82) is 0 Å². The largest absolute Gasteiger partial charge is 0.449 e. The Bertz CT molecular complexity index is 191. The van der Waals surface area contributed by atoms with Crippen LogP contribution in [0.4, 0.5) is 0 Å². The fraction of sp³-hybridized carbons (Fsp3) is 0. The normalized spacial score (nSPS) is 22.8. The van der Waals surface area contributed by atoms with E-state index in [2.05, 4.69) is 14.8 Å². The smallest absolute Gasteiger partial charge is 0.299 e. The Kier molecular flexibility index (Phi) is 2.64. The van der Waals surface area contributed by atoms with Crippen molar-refractivity contribution >= 4 is 62.5 Å². The summed E-state index contributed by atoms with van der Waals surface area (Å²) in [5.74, 6) is 0. The molecule has 1 N–H and O–H groups in total. The SMILES string of the molecule is ClC1=N[P+](Cl)(Cl)N=C(Cl)N1. The van der Waals surface area contributed by atoms with E-state index in [1.165, 1.54) is 0 Å². The van der Waals surface area contributed by atoms with E-state index in [0.717, 1.165) is 0 Å². The summed E-state index contributed by atoms with van der Waals surface area (Å²) in [5, 5.41) is 2.56. The summed E-state index contributed by atoms with van der Waals surface area (Å²) in [5.41, 5.74) is 0. The molecule has 0 spiro atoms. The highest BCUT2D eigenvalue weighted by molar-refractivity contribution is 8.15. The molecule has 0 saturated carbocycles. The maximum absolute atomic E-state index is 5.55. The number of nitrogens with one attached hydrogen (secondary N) is 1. The van der Waals surface area contributed by atoms with Gasteiger partial charge in [0.15, 0.2) is 22.5 Å². The van der Waals surface area contributed by atoms with Crippen molar-refractivity contribution in [3.63, 3.8) is 0 Å². The number of halogens is 4. The van der Waals surface area contributed by atoms with E-state index in [4.69, 9.17) is 45.7 Å². The molecular weight excluding hydrogens is 239 g/mol. The van der Waals surface area contributed by atoms with Crippen LogP contribution in [0.15, 0.2) is 9.53 Å². The molecule has 0 saturated heterocycles. The van der Waals surface area contributed by atoms with Gasteiger partial charge in [0.2, 0.25) is 10.6 Å². The molecule has 8 heteroatoms. The Balaban J connectivity index is 2.88. The first-order valence-electron chi connectivity index (χ1n) is 2.06. The summed E-state index contributed by atoms with van der Waals surface area (Å²) in [6, 6.07) is 0. The standard InChI is InChI=1S/C2HCl4N3P/c3-1-7-2(4)9-10(5,6)8-1/h(H,7,8,9)/q+1. The van der Waals surface area contributed by atoms with E-state index in [1.54, 1.807) is 0 Å². The highest BCUT2D eigenvalue weighted by atomic mass is 35.9. The van der Waals surface area contributed by atoms with E-state index in [1.807, 2.05) is 0 Å². The van der Waals surface area contributed by atoms with Crippen LogP contribution in [0.5, 0.6) is 0 Å². The molecule has 0 radical (unpaired) electrons. The predicted octanol–water partition coefficient (Wildman–Crippen LogP) is 2.93. The molecule has 1 rings (SSSR count). The van der Waals surface area contributed by atoms with Crippen molar-refractivity contribution in [2.45, 2.75) is 0 Å². The average Bonchev–Trinajstić information content (AvgIpc) is 1.54. The third-order valence-corrected chi connectivity index (χ3v) is 3.00. The van der Waals surface area contributed by atoms with Gasteiger partial charge in [-0.2, -0.15) is 0 Å². The predicted molar refractivity (Wildman–Crippen MR) is 48.3 cm³/mol. The second-order valence-corrected chi connectivity index (χ2v) is 6.74. The lowest BCUT2D eigenvalue weighted by molar-refractivity contribution is 1.40. The quantitative estimate of drug-likeness (QED) is 0.512. The van der Waals surface area contributed by atoms with Crippen LogP contribution >= 0.6 is 52.0 Å². The fourth-order valence-electron chi connectivity index (χ4n) is 0.369. The van der Waals surface area contributed by atoms with Crippen LogP contribution in [0.3, 0.4) is 0 Å². The summed E-state index contributed by atoms with van der Waals surface area (Å²) in [7, 11) is 0. The lowest BCUT2D eigenvalue weighted by Gasteiger charge is -2.05. The molecule has 1 aliphatic heterocycles. The molecule has 0 unspecified atom stereocenters. The van der Waals surface area contributed by atoms with Gasteiger partial charge < -0.3 is 0 Å². The summed E-state index contributed by atoms with van der Waals surface area (Å²) >= 11 is 22.0. The molecule has 0 aromatic carbocycles. The van der Waals surface area contributed by atoms with Crippen LogP contribution in [0, 0.1) is 0 Å². The van der Waals surface area contributed by atoms with Crippen molar-refractivity contribution in [1.82, 2.24) is 5.32 Å². The van der Waals surface area contributed by atoms with Crippen LogP contribution in [0.2, 0.25) is 0 Å². The van der Waals surface area contributed by atoms with Gasteiger partial charge in [-0.1, -0.05) is 0 Å². The average molecular weight is 240 g/mol. The van der Waals surface area contributed by atoms with Crippen molar-refractivity contribution < 1.29 is 0 Å². The molecule has 0 amide bonds. The molecule has 0 aliphatic carbocycles. The lowest BCUT2D eigenvalue weighted by Crippen LogP contribution is -2.24. The monoisotopic (exact) mass is 238 g/mol. The Morgan fingerprint density at radius 3 is 1.80 bits per heavy atom. The molecular formula is C2HCl4N3P+. The van der Waals surface area contributed by atoms with Gasteiger partial charge in [0.05, 0.1) is 0 Å². The Hall–Kier alpha value is 0.730. The summed E-state index contributed by atoms with van der Waals surface area (Å²) in [6.07, 6.45) is -2.65. The van der Waals surface area contributed by atoms with Gasteiger partial charge in [0.1, 0.15) is 0 Å². The zero-order chi connectivity index (χ0) is 7.78. The van der Waals surface area contributed by atoms with Crippen LogP contribution < -0.4 is 5.32 Å². The van der Waals surface area contributed by atoms with E-state index in [0.29, 0.717) is 0 Å². The van der Waals surface area contributed by atoms with Gasteiger partial charge in [0.25, 0.3) is 0 Å². The first-order valence-corrected chi connectivity index (χ1v) is 6.32. The van der Waals surface area contributed by atoms with Crippen molar-refractivity contribution in [3.8, 4) is 0 Å². The first-order chi connectivity index (χ1) is 4.49. The van der Waals surface area contributed by atoms with E-state index in [-0.39, 0.29) is 10.6 Å². The minimum atomic E-state index is -2.65. The summed E-state index contributed by atoms with van der Waals surface area (Å²) < 4.78 is 7.21. The highest BCUT2D eigenvalue weighted by Gasteiger charge is 2.39. The van der Waals surface area contributed by atoms with Crippen molar-refractivity contribution in [3.05, 3.63) is 0 Å². The fourth-order valence-corrected chi connectivity index (χ4v) is 3.19. The van der Waals surface area contributed by atoms with Gasteiger partial charge in [-0.15, -0.1) is 0 Å². The minimum Gasteiger partial charge on any atom is -0.299 e. The van der Waals surface area contributed by atoms with E-state index >= 15 is 0 Å². The second-order valence-electron chi connectivity index (χ2n) is 1.36. The number of hydrogen-bond acceptors (Lipinski definition) is 3. The highest BCUT2D eigenvalue weighted by Crippen LogP contribution is 2.73. The maximum Gasteiger partial charge on any atom is 0.449 e. The third kappa shape index (κ3) is 2.40. The number of amidine groups is 2. The molecule has 3 nitrogen and oxygen atoms in total. The summed E-state index contributed by atoms with van der Waals surface area (Å²) in [6.45, 7) is 0. The molecule has 0 bridgehead atoms. The first kappa shape index (κ1) is 8.82. The molecule has 0 aromatic heterocycles. The molecule has 10 heavy (non-hydrogen) atoms. The number of rotatable bonds is 0. The molecule has 1 heterocycles. The van der Waals surface area contributed by atoms with Gasteiger partial charge >= 0.3 is 6.27 Å². The summed E-state index contributed by atoms with van der Waals surface area (Å²) in [4.78, 5) is 0. The molecule has 1 aliphatic rings. The van der Waals surface area contributed by atoms with Gasteiger partial charge in [-0.05, 0) is 32.7 Å². The molecule has 0 aromatic rings. The third-order valence-electron chi connectivity index (χ3n) is 0.623. The van der Waals surface area contributed by atoms with E-state index < -0.39 is 6.27 Å². The van der Waals surface area contributed by atoms with Crippen molar-refractivity contribution in [2.75, 3.05) is 0 Å². The molecule has 0 atom stereocenters. The van der Waals surface area contributed by atoms with Gasteiger partial charge in [0, 0.05) is 0 Å². The van der Waals surface area contributed by atoms with Crippen LogP contribution in [-0.4, -0.2) is 10.6 Å². The molecule has 0 fully saturated rings. The lowest BCUT2D eigenvalue weighted by atomic mass is 11.1. The number of hydrogen-bond donors (Lipinski definition) is 1. The zero-order valence-corrected chi connectivity index (χ0v) is 8.27. The topological polar surface area (TPSA) is 36.8 Å². The van der Waals surface area contributed by atoms with Gasteiger partial charge in [-0.3, -0.25) is 5.32 Å². The van der Waals surface area contributed by atoms with Crippen LogP contribution in [0.25, 0.3) is 0 Å². The van der Waals surface area contributed by atoms with Crippen molar-refractivity contribution in [2.24, 2.45) is 9.53 Å². The molecule has 56 valence electrons. The zero-order valence-electron chi connectivity index (χ0n) is 4.35. The van der Waals surface area contributed by atoms with E-state index in [9.17, 15) is 0 Å². The van der Waals surface area contributed by atoms with Crippen LogP contribution in [-0.2, 0) is 0 Å². The Morgan fingerprint density at radius 1 is 1.10 bits per heavy atom. The Morgan fingerprint density at radius 2 is 1.50 bits per heavy atom. The number of nitrogens with zero attached hydrogens (tertiary/aromatic N) is 2. The Labute approximate surface area is 77.4 Å².